The minimum Gasteiger partial charge on any atom is -0.340 e. The van der Waals surface area contributed by atoms with E-state index in [0.717, 1.165) is 36.5 Å². The lowest BCUT2D eigenvalue weighted by Gasteiger charge is -2.35. The van der Waals surface area contributed by atoms with Crippen molar-refractivity contribution in [3.05, 3.63) is 54.2 Å². The third-order valence-corrected chi connectivity index (χ3v) is 4.12. The number of para-hydroxylation sites is 1. The summed E-state index contributed by atoms with van der Waals surface area (Å²) in [6, 6.07) is 14.2. The molecule has 1 aromatic carbocycles. The van der Waals surface area contributed by atoms with Gasteiger partial charge < -0.3 is 10.2 Å². The Morgan fingerprint density at radius 3 is 2.68 bits per heavy atom. The Morgan fingerprint density at radius 1 is 1.18 bits per heavy atom. The van der Waals surface area contributed by atoms with Gasteiger partial charge in [-0.1, -0.05) is 24.3 Å². The van der Waals surface area contributed by atoms with Crippen molar-refractivity contribution in [1.29, 1.82) is 0 Å². The van der Waals surface area contributed by atoms with Crippen LogP contribution in [0, 0.1) is 0 Å². The first-order valence-corrected chi connectivity index (χ1v) is 7.79. The largest absolute Gasteiger partial charge is 0.340 e. The van der Waals surface area contributed by atoms with Gasteiger partial charge in [0.2, 0.25) is 5.91 Å². The number of hydrogen-bond donors (Lipinski definition) is 1. The zero-order valence-corrected chi connectivity index (χ0v) is 12.8. The fourth-order valence-electron chi connectivity index (χ4n) is 3.00. The molecular formula is C18H21N3O. The van der Waals surface area contributed by atoms with Gasteiger partial charge in [-0.15, -0.1) is 0 Å². The van der Waals surface area contributed by atoms with Crippen LogP contribution in [0.3, 0.4) is 0 Å². The van der Waals surface area contributed by atoms with Crippen molar-refractivity contribution in [3.8, 4) is 0 Å². The number of nitrogens with one attached hydrogen (secondary N) is 1. The van der Waals surface area contributed by atoms with E-state index in [1.165, 1.54) is 6.42 Å². The van der Waals surface area contributed by atoms with Gasteiger partial charge in [-0.3, -0.25) is 4.79 Å². The summed E-state index contributed by atoms with van der Waals surface area (Å²) in [4.78, 5) is 18.2. The molecule has 0 saturated carbocycles. The van der Waals surface area contributed by atoms with Crippen molar-refractivity contribution in [2.24, 2.45) is 0 Å². The Kier molecular flexibility index (Phi) is 4.37. The Balaban J connectivity index is 1.74. The Hall–Kier alpha value is -2.36. The number of carbonyl (C=O) groups is 1. The average Bonchev–Trinajstić information content (AvgIpc) is 2.56. The van der Waals surface area contributed by atoms with Crippen LogP contribution >= 0.6 is 0 Å². The number of benzene rings is 1. The van der Waals surface area contributed by atoms with Crippen LogP contribution in [0.25, 0.3) is 0 Å². The first kappa shape index (κ1) is 14.6. The molecule has 2 aromatic rings. The van der Waals surface area contributed by atoms with Gasteiger partial charge in [0.05, 0.1) is 6.04 Å². The second-order valence-electron chi connectivity index (χ2n) is 5.69. The zero-order chi connectivity index (χ0) is 15.4. The highest BCUT2D eigenvalue weighted by Crippen LogP contribution is 2.31. The van der Waals surface area contributed by atoms with E-state index < -0.39 is 0 Å². The third-order valence-electron chi connectivity index (χ3n) is 4.12. The number of carbonyl (C=O) groups excluding carboxylic acids is 1. The molecule has 1 fully saturated rings. The summed E-state index contributed by atoms with van der Waals surface area (Å²) in [7, 11) is 0. The van der Waals surface area contributed by atoms with Crippen molar-refractivity contribution in [2.45, 2.75) is 32.2 Å². The molecule has 0 bridgehead atoms. The van der Waals surface area contributed by atoms with E-state index in [9.17, 15) is 4.79 Å². The molecule has 114 valence electrons. The number of anilines is 2. The van der Waals surface area contributed by atoms with Crippen molar-refractivity contribution in [1.82, 2.24) is 9.88 Å². The standard InChI is InChI=1S/C18H21N3O/c1-14(22)21-12-6-5-9-17(21)15-10-11-18(19-13-15)20-16-7-3-2-4-8-16/h2-4,7-8,10-11,13,17H,5-6,9,12H2,1H3,(H,19,20). The zero-order valence-electron chi connectivity index (χ0n) is 12.8. The first-order chi connectivity index (χ1) is 10.7. The van der Waals surface area contributed by atoms with Crippen LogP contribution < -0.4 is 5.32 Å². The van der Waals surface area contributed by atoms with Crippen LogP contribution in [-0.2, 0) is 4.79 Å². The van der Waals surface area contributed by atoms with E-state index in [4.69, 9.17) is 0 Å². The van der Waals surface area contributed by atoms with Crippen LogP contribution in [0.5, 0.6) is 0 Å². The molecule has 4 heteroatoms. The van der Waals surface area contributed by atoms with Gasteiger partial charge in [-0.2, -0.15) is 0 Å². The molecule has 0 spiro atoms. The maximum Gasteiger partial charge on any atom is 0.219 e. The number of amides is 1. The Morgan fingerprint density at radius 2 is 2.00 bits per heavy atom. The van der Waals surface area contributed by atoms with Gasteiger partial charge in [0.1, 0.15) is 5.82 Å². The summed E-state index contributed by atoms with van der Waals surface area (Å²) < 4.78 is 0. The van der Waals surface area contributed by atoms with Crippen molar-refractivity contribution in [3.63, 3.8) is 0 Å². The molecule has 1 amide bonds. The SMILES string of the molecule is CC(=O)N1CCCCC1c1ccc(Nc2ccccc2)nc1. The predicted octanol–water partition coefficient (Wildman–Crippen LogP) is 3.90. The highest BCUT2D eigenvalue weighted by molar-refractivity contribution is 5.74. The number of pyridine rings is 1. The number of piperidine rings is 1. The normalized spacial score (nSPS) is 18.0. The van der Waals surface area contributed by atoms with Gasteiger partial charge in [0, 0.05) is 25.4 Å². The minimum atomic E-state index is 0.149. The molecule has 1 aliphatic heterocycles. The molecule has 0 radical (unpaired) electrons. The molecule has 1 aromatic heterocycles. The highest BCUT2D eigenvalue weighted by Gasteiger charge is 2.25. The van der Waals surface area contributed by atoms with E-state index in [1.807, 2.05) is 47.5 Å². The summed E-state index contributed by atoms with van der Waals surface area (Å²) in [5, 5.41) is 3.28. The quantitative estimate of drug-likeness (QED) is 0.934. The van der Waals surface area contributed by atoms with Gasteiger partial charge in [0.25, 0.3) is 0 Å². The predicted molar refractivity (Wildman–Crippen MR) is 87.9 cm³/mol. The molecule has 1 unspecified atom stereocenters. The number of nitrogens with zero attached hydrogens (tertiary/aromatic N) is 2. The number of hydrogen-bond acceptors (Lipinski definition) is 3. The molecule has 3 rings (SSSR count). The molecule has 1 N–H and O–H groups in total. The van der Waals surface area contributed by atoms with Crippen molar-refractivity contribution in [2.75, 3.05) is 11.9 Å². The van der Waals surface area contributed by atoms with Gasteiger partial charge in [-0.25, -0.2) is 4.98 Å². The maximum absolute atomic E-state index is 11.8. The smallest absolute Gasteiger partial charge is 0.219 e. The molecule has 0 aliphatic carbocycles. The maximum atomic E-state index is 11.8. The van der Waals surface area contributed by atoms with Crippen molar-refractivity contribution >= 4 is 17.4 Å². The van der Waals surface area contributed by atoms with E-state index in [1.54, 1.807) is 6.92 Å². The second kappa shape index (κ2) is 6.60. The summed E-state index contributed by atoms with van der Waals surface area (Å²) in [6.07, 6.45) is 5.17. The van der Waals surface area contributed by atoms with Gasteiger partial charge in [0.15, 0.2) is 0 Å². The van der Waals surface area contributed by atoms with Crippen molar-refractivity contribution < 1.29 is 4.79 Å². The number of aromatic nitrogens is 1. The second-order valence-corrected chi connectivity index (χ2v) is 5.69. The lowest BCUT2D eigenvalue weighted by molar-refractivity contribution is -0.132. The average molecular weight is 295 g/mol. The monoisotopic (exact) mass is 295 g/mol. The van der Waals surface area contributed by atoms with Gasteiger partial charge in [-0.05, 0) is 43.0 Å². The van der Waals surface area contributed by atoms with E-state index in [0.29, 0.717) is 0 Å². The summed E-state index contributed by atoms with van der Waals surface area (Å²) >= 11 is 0. The number of rotatable bonds is 3. The third kappa shape index (κ3) is 3.27. The fraction of sp³-hybridized carbons (Fsp3) is 0.333. The van der Waals surface area contributed by atoms with Crippen LogP contribution in [0.4, 0.5) is 11.5 Å². The lowest BCUT2D eigenvalue weighted by Crippen LogP contribution is -2.36. The molecule has 1 aliphatic rings. The molecule has 1 atom stereocenters. The summed E-state index contributed by atoms with van der Waals surface area (Å²) in [5.41, 5.74) is 2.14. The van der Waals surface area contributed by atoms with Crippen LogP contribution in [0.1, 0.15) is 37.8 Å². The summed E-state index contributed by atoms with van der Waals surface area (Å²) in [6.45, 7) is 2.50. The van der Waals surface area contributed by atoms with Crippen LogP contribution in [0.15, 0.2) is 48.7 Å². The molecule has 1 saturated heterocycles. The number of likely N-dealkylation sites (tertiary alicyclic amines) is 1. The highest BCUT2D eigenvalue weighted by atomic mass is 16.2. The van der Waals surface area contributed by atoms with Crippen LogP contribution in [-0.4, -0.2) is 22.3 Å². The first-order valence-electron chi connectivity index (χ1n) is 7.79. The topological polar surface area (TPSA) is 45.2 Å². The van der Waals surface area contributed by atoms with Gasteiger partial charge >= 0.3 is 0 Å². The summed E-state index contributed by atoms with van der Waals surface area (Å²) in [5.74, 6) is 0.969. The molecular weight excluding hydrogens is 274 g/mol. The minimum absolute atomic E-state index is 0.149. The molecule has 22 heavy (non-hydrogen) atoms. The van der Waals surface area contributed by atoms with E-state index in [2.05, 4.69) is 16.4 Å². The Bertz CT molecular complexity index is 625. The lowest BCUT2D eigenvalue weighted by atomic mass is 9.96. The van der Waals surface area contributed by atoms with Crippen LogP contribution in [0.2, 0.25) is 0 Å². The fourth-order valence-corrected chi connectivity index (χ4v) is 3.00. The molecule has 4 nitrogen and oxygen atoms in total. The van der Waals surface area contributed by atoms with E-state index >= 15 is 0 Å². The molecule has 2 heterocycles. The Labute approximate surface area is 131 Å². The van der Waals surface area contributed by atoms with E-state index in [-0.39, 0.29) is 11.9 Å².